The van der Waals surface area contributed by atoms with E-state index in [2.05, 4.69) is 0 Å². The first-order chi connectivity index (χ1) is 13.7. The van der Waals surface area contributed by atoms with Crippen molar-refractivity contribution in [3.05, 3.63) is 35.1 Å². The topological polar surface area (TPSA) is 40.6 Å². The van der Waals surface area contributed by atoms with Crippen LogP contribution in [0.5, 0.6) is 0 Å². The van der Waals surface area contributed by atoms with Crippen molar-refractivity contribution in [1.82, 2.24) is 9.80 Å². The van der Waals surface area contributed by atoms with E-state index in [1.807, 2.05) is 4.90 Å². The quantitative estimate of drug-likeness (QED) is 0.677. The lowest BCUT2D eigenvalue weighted by atomic mass is 9.92. The molecule has 1 atom stereocenters. The number of likely N-dealkylation sites (tertiary alicyclic amines) is 2. The number of carbonyl (C=O) groups excluding carboxylic acids is 2. The molecule has 1 unspecified atom stereocenters. The van der Waals surface area contributed by atoms with Crippen LogP contribution in [0.25, 0.3) is 0 Å². The molecule has 8 heteroatoms. The third kappa shape index (κ3) is 3.40. The Morgan fingerprint density at radius 2 is 1.76 bits per heavy atom. The highest BCUT2D eigenvalue weighted by Crippen LogP contribution is 2.42. The molecule has 0 aromatic heterocycles. The van der Waals surface area contributed by atoms with Gasteiger partial charge in [0.1, 0.15) is 11.4 Å². The molecule has 3 fully saturated rings. The van der Waals surface area contributed by atoms with Crippen LogP contribution in [0.4, 0.5) is 17.6 Å². The van der Waals surface area contributed by atoms with Gasteiger partial charge in [0.15, 0.2) is 0 Å². The van der Waals surface area contributed by atoms with Gasteiger partial charge in [0.2, 0.25) is 5.91 Å². The van der Waals surface area contributed by atoms with Crippen LogP contribution in [-0.4, -0.2) is 46.3 Å². The van der Waals surface area contributed by atoms with Crippen molar-refractivity contribution in [2.75, 3.05) is 13.1 Å². The van der Waals surface area contributed by atoms with Gasteiger partial charge in [0.25, 0.3) is 5.91 Å². The van der Waals surface area contributed by atoms with Gasteiger partial charge in [0.05, 0.1) is 11.1 Å². The molecular weight excluding hydrogens is 388 g/mol. The van der Waals surface area contributed by atoms with Gasteiger partial charge in [-0.2, -0.15) is 13.2 Å². The molecule has 1 aromatic rings. The lowest BCUT2D eigenvalue weighted by Gasteiger charge is -2.36. The summed E-state index contributed by atoms with van der Waals surface area (Å²) in [6, 6.07) is 2.02. The Hall–Kier alpha value is -2.12. The molecule has 4 rings (SSSR count). The normalized spacial score (nSPS) is 26.0. The molecule has 0 bridgehead atoms. The van der Waals surface area contributed by atoms with Crippen molar-refractivity contribution in [2.24, 2.45) is 0 Å². The molecule has 4 nitrogen and oxygen atoms in total. The molecular formula is C21H24F4N2O2. The molecule has 158 valence electrons. The van der Waals surface area contributed by atoms with Crippen LogP contribution in [0.15, 0.2) is 18.2 Å². The van der Waals surface area contributed by atoms with Gasteiger partial charge in [-0.1, -0.05) is 19.3 Å². The van der Waals surface area contributed by atoms with Crippen LogP contribution in [0.1, 0.15) is 67.3 Å². The zero-order valence-corrected chi connectivity index (χ0v) is 16.1. The number of nitrogens with zero attached hydrogens (tertiary/aromatic N) is 2. The molecule has 3 aliphatic rings. The van der Waals surface area contributed by atoms with E-state index in [-0.39, 0.29) is 18.5 Å². The molecule has 1 saturated carbocycles. The van der Waals surface area contributed by atoms with Gasteiger partial charge in [-0.25, -0.2) is 4.39 Å². The average molecular weight is 412 g/mol. The van der Waals surface area contributed by atoms with Gasteiger partial charge in [-0.15, -0.1) is 0 Å². The van der Waals surface area contributed by atoms with E-state index in [1.165, 1.54) is 4.90 Å². The van der Waals surface area contributed by atoms with Crippen LogP contribution in [0.3, 0.4) is 0 Å². The summed E-state index contributed by atoms with van der Waals surface area (Å²) in [7, 11) is 0. The Labute approximate surface area is 166 Å². The van der Waals surface area contributed by atoms with Crippen LogP contribution >= 0.6 is 0 Å². The van der Waals surface area contributed by atoms with E-state index in [4.69, 9.17) is 0 Å². The lowest BCUT2D eigenvalue weighted by molar-refractivity contribution is -0.139. The standard InChI is InChI=1S/C21H24F4N2O2/c22-17-8-7-14(21(23,24)25)13-16(17)18(28)27-11-4-9-20(27)10-12-26(19(20)29)15-5-2-1-3-6-15/h7-8,13,15H,1-6,9-12H2. The van der Waals surface area contributed by atoms with Gasteiger partial charge in [0, 0.05) is 19.1 Å². The maximum absolute atomic E-state index is 14.3. The third-order valence-corrected chi connectivity index (χ3v) is 6.70. The molecule has 2 aliphatic heterocycles. The summed E-state index contributed by atoms with van der Waals surface area (Å²) in [6.07, 6.45) is 2.01. The molecule has 1 aliphatic carbocycles. The smallest absolute Gasteiger partial charge is 0.338 e. The largest absolute Gasteiger partial charge is 0.416 e. The minimum Gasteiger partial charge on any atom is -0.338 e. The van der Waals surface area contributed by atoms with Crippen molar-refractivity contribution in [3.8, 4) is 0 Å². The molecule has 0 N–H and O–H groups in total. The van der Waals surface area contributed by atoms with Gasteiger partial charge in [-0.05, 0) is 50.3 Å². The molecule has 2 saturated heterocycles. The number of alkyl halides is 3. The summed E-state index contributed by atoms with van der Waals surface area (Å²) < 4.78 is 53.4. The predicted octanol–water partition coefficient (Wildman–Crippen LogP) is 4.38. The van der Waals surface area contributed by atoms with E-state index in [1.54, 1.807) is 0 Å². The monoisotopic (exact) mass is 412 g/mol. The van der Waals surface area contributed by atoms with Crippen LogP contribution < -0.4 is 0 Å². The number of rotatable bonds is 2. The highest BCUT2D eigenvalue weighted by Gasteiger charge is 2.56. The molecule has 29 heavy (non-hydrogen) atoms. The Morgan fingerprint density at radius 3 is 2.45 bits per heavy atom. The van der Waals surface area contributed by atoms with Crippen LogP contribution in [0, 0.1) is 5.82 Å². The van der Waals surface area contributed by atoms with Crippen LogP contribution in [0.2, 0.25) is 0 Å². The summed E-state index contributed by atoms with van der Waals surface area (Å²) in [5, 5.41) is 0. The summed E-state index contributed by atoms with van der Waals surface area (Å²) >= 11 is 0. The average Bonchev–Trinajstić information content (AvgIpc) is 3.26. The summed E-state index contributed by atoms with van der Waals surface area (Å²) in [4.78, 5) is 29.6. The number of benzene rings is 1. The van der Waals surface area contributed by atoms with Gasteiger partial charge >= 0.3 is 6.18 Å². The first kappa shape index (κ1) is 20.2. The highest BCUT2D eigenvalue weighted by molar-refractivity contribution is 6.01. The van der Waals surface area contributed by atoms with Crippen LogP contribution in [-0.2, 0) is 11.0 Å². The van der Waals surface area contributed by atoms with Gasteiger partial charge < -0.3 is 9.80 Å². The fourth-order valence-electron chi connectivity index (χ4n) is 5.19. The number of amides is 2. The van der Waals surface area contributed by atoms with Crippen molar-refractivity contribution in [3.63, 3.8) is 0 Å². The van der Waals surface area contributed by atoms with Crippen molar-refractivity contribution >= 4 is 11.8 Å². The SMILES string of the molecule is O=C(c1cc(C(F)(F)F)ccc1F)N1CCCC12CCN(C1CCCCC1)C2=O. The second-order valence-corrected chi connectivity index (χ2v) is 8.32. The second kappa shape index (κ2) is 7.29. The Balaban J connectivity index is 1.62. The summed E-state index contributed by atoms with van der Waals surface area (Å²) in [5.74, 6) is -1.95. The Kier molecular flexibility index (Phi) is 5.07. The maximum Gasteiger partial charge on any atom is 0.416 e. The molecule has 1 aromatic carbocycles. The summed E-state index contributed by atoms with van der Waals surface area (Å²) in [5.41, 5.74) is -2.74. The fourth-order valence-corrected chi connectivity index (χ4v) is 5.19. The van der Waals surface area contributed by atoms with E-state index in [0.29, 0.717) is 44.0 Å². The lowest BCUT2D eigenvalue weighted by Crippen LogP contribution is -2.54. The third-order valence-electron chi connectivity index (χ3n) is 6.70. The zero-order valence-electron chi connectivity index (χ0n) is 16.1. The molecule has 1 spiro atoms. The van der Waals surface area contributed by atoms with E-state index in [0.717, 1.165) is 32.1 Å². The minimum atomic E-state index is -4.67. The molecule has 2 heterocycles. The highest BCUT2D eigenvalue weighted by atomic mass is 19.4. The molecule has 0 radical (unpaired) electrons. The van der Waals surface area contributed by atoms with E-state index < -0.39 is 34.6 Å². The Morgan fingerprint density at radius 1 is 1.03 bits per heavy atom. The second-order valence-electron chi connectivity index (χ2n) is 8.32. The van der Waals surface area contributed by atoms with Crippen molar-refractivity contribution in [1.29, 1.82) is 0 Å². The number of hydrogen-bond donors (Lipinski definition) is 0. The van der Waals surface area contributed by atoms with E-state index in [9.17, 15) is 27.2 Å². The fraction of sp³-hybridized carbons (Fsp3) is 0.619. The predicted molar refractivity (Wildman–Crippen MR) is 97.6 cm³/mol. The van der Waals surface area contributed by atoms with E-state index >= 15 is 0 Å². The summed E-state index contributed by atoms with van der Waals surface area (Å²) in [6.45, 7) is 0.789. The molecule has 2 amide bonds. The Bertz CT molecular complexity index is 819. The van der Waals surface area contributed by atoms with Crippen molar-refractivity contribution < 1.29 is 27.2 Å². The van der Waals surface area contributed by atoms with Crippen molar-refractivity contribution in [2.45, 2.75) is 69.1 Å². The number of halogens is 4. The number of carbonyl (C=O) groups is 2. The first-order valence-corrected chi connectivity index (χ1v) is 10.2. The number of hydrogen-bond acceptors (Lipinski definition) is 2. The maximum atomic E-state index is 14.3. The van der Waals surface area contributed by atoms with Gasteiger partial charge in [-0.3, -0.25) is 9.59 Å². The minimum absolute atomic E-state index is 0.123. The first-order valence-electron chi connectivity index (χ1n) is 10.2. The zero-order chi connectivity index (χ0) is 20.8.